The number of carbonyl (C=O) groups is 1. The lowest BCUT2D eigenvalue weighted by Crippen LogP contribution is -2.43. The highest BCUT2D eigenvalue weighted by atomic mass is 32.2. The molecule has 0 fully saturated rings. The Morgan fingerprint density at radius 1 is 1.10 bits per heavy atom. The van der Waals surface area contributed by atoms with E-state index in [1.54, 1.807) is 18.2 Å². The van der Waals surface area contributed by atoms with Gasteiger partial charge in [-0.05, 0) is 26.0 Å². The van der Waals surface area contributed by atoms with Crippen LogP contribution in [0.2, 0.25) is 0 Å². The third-order valence-electron chi connectivity index (χ3n) is 4.30. The minimum absolute atomic E-state index is 0.390. The first-order valence-corrected chi connectivity index (χ1v) is 10.9. The standard InChI is InChI=1S/C19H26N4O7S/c1-6-29-14-9-8-13(10-15(14)30-7-2)20-17(24)12-22(4)31(27,28)16-11-21(3)19(26)23(5)18(16)25/h8-11H,6-7,12H2,1-5H3,(H,20,24). The predicted octanol–water partition coefficient (Wildman–Crippen LogP) is 0.141. The number of aromatic nitrogens is 2. The zero-order chi connectivity index (χ0) is 23.3. The van der Waals surface area contributed by atoms with E-state index in [4.69, 9.17) is 9.47 Å². The number of likely N-dealkylation sites (N-methyl/N-ethyl adjacent to an activating group) is 1. The molecule has 0 spiro atoms. The summed E-state index contributed by atoms with van der Waals surface area (Å²) in [6, 6.07) is 4.81. The highest BCUT2D eigenvalue weighted by molar-refractivity contribution is 7.89. The van der Waals surface area contributed by atoms with Gasteiger partial charge in [0.1, 0.15) is 0 Å². The highest BCUT2D eigenvalue weighted by Gasteiger charge is 2.27. The number of aryl methyl sites for hydroxylation is 1. The van der Waals surface area contributed by atoms with Gasteiger partial charge in [0.05, 0.1) is 19.8 Å². The lowest BCUT2D eigenvalue weighted by atomic mass is 10.2. The molecule has 1 amide bonds. The molecule has 170 valence electrons. The Hall–Kier alpha value is -3.12. The predicted molar refractivity (Wildman–Crippen MR) is 114 cm³/mol. The Morgan fingerprint density at radius 3 is 2.32 bits per heavy atom. The zero-order valence-electron chi connectivity index (χ0n) is 18.0. The molecule has 0 bridgehead atoms. The van der Waals surface area contributed by atoms with Crippen LogP contribution in [0.5, 0.6) is 11.5 Å². The van der Waals surface area contributed by atoms with Crippen molar-refractivity contribution >= 4 is 21.6 Å². The molecule has 1 aromatic heterocycles. The van der Waals surface area contributed by atoms with Crippen molar-refractivity contribution in [3.8, 4) is 11.5 Å². The molecule has 0 radical (unpaired) electrons. The third kappa shape index (κ3) is 5.33. The first-order chi connectivity index (χ1) is 14.5. The van der Waals surface area contributed by atoms with Crippen molar-refractivity contribution in [2.24, 2.45) is 14.1 Å². The summed E-state index contributed by atoms with van der Waals surface area (Å²) in [5.74, 6) is 0.337. The molecular formula is C19H26N4O7S. The second-order valence-corrected chi connectivity index (χ2v) is 8.60. The Balaban J connectivity index is 2.22. The van der Waals surface area contributed by atoms with Gasteiger partial charge in [-0.25, -0.2) is 13.2 Å². The molecule has 1 N–H and O–H groups in total. The number of sulfonamides is 1. The maximum atomic E-state index is 12.8. The molecule has 1 heterocycles. The van der Waals surface area contributed by atoms with Crippen LogP contribution in [0, 0.1) is 0 Å². The summed E-state index contributed by atoms with van der Waals surface area (Å²) < 4.78 is 39.0. The molecule has 0 aliphatic rings. The number of ether oxygens (including phenoxy) is 2. The molecule has 0 aliphatic carbocycles. The number of anilines is 1. The van der Waals surface area contributed by atoms with Gasteiger partial charge in [0.25, 0.3) is 5.56 Å². The van der Waals surface area contributed by atoms with E-state index in [9.17, 15) is 22.8 Å². The van der Waals surface area contributed by atoms with Crippen LogP contribution in [-0.4, -0.2) is 54.6 Å². The zero-order valence-corrected chi connectivity index (χ0v) is 18.9. The second kappa shape index (κ2) is 9.79. The normalized spacial score (nSPS) is 11.4. The number of carbonyl (C=O) groups excluding carboxylic acids is 1. The van der Waals surface area contributed by atoms with Crippen LogP contribution in [0.4, 0.5) is 5.69 Å². The van der Waals surface area contributed by atoms with E-state index >= 15 is 0 Å². The van der Waals surface area contributed by atoms with Crippen LogP contribution in [0.15, 0.2) is 38.9 Å². The van der Waals surface area contributed by atoms with E-state index in [0.29, 0.717) is 35.0 Å². The fourth-order valence-electron chi connectivity index (χ4n) is 2.74. The van der Waals surface area contributed by atoms with Crippen molar-refractivity contribution in [2.75, 3.05) is 32.1 Å². The number of benzene rings is 1. The van der Waals surface area contributed by atoms with Crippen LogP contribution >= 0.6 is 0 Å². The fourth-order valence-corrected chi connectivity index (χ4v) is 4.01. The van der Waals surface area contributed by atoms with E-state index in [2.05, 4.69) is 5.32 Å². The first kappa shape index (κ1) is 24.2. The molecule has 0 saturated heterocycles. The van der Waals surface area contributed by atoms with Crippen LogP contribution in [0.1, 0.15) is 13.8 Å². The van der Waals surface area contributed by atoms with Crippen molar-refractivity contribution in [3.63, 3.8) is 0 Å². The summed E-state index contributed by atoms with van der Waals surface area (Å²) in [6.45, 7) is 3.93. The molecule has 2 rings (SSSR count). The highest BCUT2D eigenvalue weighted by Crippen LogP contribution is 2.30. The quantitative estimate of drug-likeness (QED) is 0.571. The van der Waals surface area contributed by atoms with E-state index in [0.717, 1.165) is 15.1 Å². The van der Waals surface area contributed by atoms with Crippen molar-refractivity contribution in [3.05, 3.63) is 45.2 Å². The Labute approximate surface area is 179 Å². The van der Waals surface area contributed by atoms with Gasteiger partial charge in [-0.15, -0.1) is 0 Å². The van der Waals surface area contributed by atoms with Gasteiger partial charge < -0.3 is 19.4 Å². The van der Waals surface area contributed by atoms with Gasteiger partial charge in [-0.2, -0.15) is 4.31 Å². The maximum Gasteiger partial charge on any atom is 0.330 e. The summed E-state index contributed by atoms with van der Waals surface area (Å²) in [6.07, 6.45) is 0.940. The summed E-state index contributed by atoms with van der Waals surface area (Å²) >= 11 is 0. The molecule has 0 saturated carbocycles. The smallest absolute Gasteiger partial charge is 0.330 e. The molecule has 0 unspecified atom stereocenters. The van der Waals surface area contributed by atoms with Crippen molar-refractivity contribution < 1.29 is 22.7 Å². The fraction of sp³-hybridized carbons (Fsp3) is 0.421. The molecule has 12 heteroatoms. The topological polar surface area (TPSA) is 129 Å². The number of hydrogen-bond acceptors (Lipinski definition) is 7. The van der Waals surface area contributed by atoms with E-state index in [1.807, 2.05) is 13.8 Å². The Kier molecular flexibility index (Phi) is 7.63. The number of nitrogens with zero attached hydrogens (tertiary/aromatic N) is 3. The lowest BCUT2D eigenvalue weighted by Gasteiger charge is -2.18. The SMILES string of the molecule is CCOc1ccc(NC(=O)CN(C)S(=O)(=O)c2cn(C)c(=O)n(C)c2=O)cc1OCC. The largest absolute Gasteiger partial charge is 0.490 e. The molecule has 1 aromatic carbocycles. The summed E-state index contributed by atoms with van der Waals surface area (Å²) in [4.78, 5) is 35.9. The molecular weight excluding hydrogens is 428 g/mol. The summed E-state index contributed by atoms with van der Waals surface area (Å²) in [5, 5.41) is 2.59. The van der Waals surface area contributed by atoms with Gasteiger partial charge >= 0.3 is 5.69 Å². The van der Waals surface area contributed by atoms with Gasteiger partial charge in [0.15, 0.2) is 16.4 Å². The van der Waals surface area contributed by atoms with Gasteiger partial charge in [0.2, 0.25) is 15.9 Å². The molecule has 2 aromatic rings. The van der Waals surface area contributed by atoms with Gasteiger partial charge in [-0.3, -0.25) is 14.2 Å². The van der Waals surface area contributed by atoms with Crippen LogP contribution in [-0.2, 0) is 28.9 Å². The van der Waals surface area contributed by atoms with E-state index in [1.165, 1.54) is 21.1 Å². The van der Waals surface area contributed by atoms with Crippen LogP contribution in [0.25, 0.3) is 0 Å². The minimum Gasteiger partial charge on any atom is -0.490 e. The number of nitrogens with one attached hydrogen (secondary N) is 1. The minimum atomic E-state index is -4.31. The average molecular weight is 455 g/mol. The average Bonchev–Trinajstić information content (AvgIpc) is 2.71. The summed E-state index contributed by atoms with van der Waals surface area (Å²) in [7, 11) is -0.637. The van der Waals surface area contributed by atoms with E-state index < -0.39 is 38.6 Å². The van der Waals surface area contributed by atoms with Crippen LogP contribution in [0.3, 0.4) is 0 Å². The summed E-state index contributed by atoms with van der Waals surface area (Å²) in [5.41, 5.74) is -1.24. The Bertz CT molecular complexity index is 1180. The van der Waals surface area contributed by atoms with Crippen molar-refractivity contribution in [1.82, 2.24) is 13.4 Å². The third-order valence-corrected chi connectivity index (χ3v) is 6.08. The molecule has 31 heavy (non-hydrogen) atoms. The van der Waals surface area contributed by atoms with Crippen LogP contribution < -0.4 is 26.0 Å². The van der Waals surface area contributed by atoms with E-state index in [-0.39, 0.29) is 0 Å². The Morgan fingerprint density at radius 2 is 1.71 bits per heavy atom. The van der Waals surface area contributed by atoms with Crippen molar-refractivity contribution in [2.45, 2.75) is 18.7 Å². The molecule has 0 aliphatic heterocycles. The molecule has 11 nitrogen and oxygen atoms in total. The molecule has 0 atom stereocenters. The number of hydrogen-bond donors (Lipinski definition) is 1. The number of amides is 1. The first-order valence-electron chi connectivity index (χ1n) is 9.45. The number of rotatable bonds is 9. The maximum absolute atomic E-state index is 12.8. The monoisotopic (exact) mass is 454 g/mol. The van der Waals surface area contributed by atoms with Gasteiger partial charge in [0, 0.05) is 39.1 Å². The second-order valence-electron chi connectivity index (χ2n) is 6.59. The van der Waals surface area contributed by atoms with Gasteiger partial charge in [-0.1, -0.05) is 0 Å². The lowest BCUT2D eigenvalue weighted by molar-refractivity contribution is -0.116. The van der Waals surface area contributed by atoms with Crippen molar-refractivity contribution in [1.29, 1.82) is 0 Å².